The van der Waals surface area contributed by atoms with E-state index in [1.165, 1.54) is 43.5 Å². The summed E-state index contributed by atoms with van der Waals surface area (Å²) in [5.74, 6) is -0.898. The van der Waals surface area contributed by atoms with Crippen molar-refractivity contribution in [2.24, 2.45) is 0 Å². The summed E-state index contributed by atoms with van der Waals surface area (Å²) in [6.07, 6.45) is 4.17. The highest BCUT2D eigenvalue weighted by Gasteiger charge is 2.32. The maximum atomic E-state index is 14.2. The molecule has 11 nitrogen and oxygen atoms in total. The number of rotatable bonds is 7. The van der Waals surface area contributed by atoms with Crippen LogP contribution in [0, 0.1) is 0 Å². The lowest BCUT2D eigenvalue weighted by Crippen LogP contribution is -2.49. The van der Waals surface area contributed by atoms with Gasteiger partial charge in [0.2, 0.25) is 0 Å². The van der Waals surface area contributed by atoms with Gasteiger partial charge in [-0.1, -0.05) is 12.1 Å². The largest absolute Gasteiger partial charge is 0.508 e. The van der Waals surface area contributed by atoms with Crippen LogP contribution < -0.4 is 4.74 Å². The van der Waals surface area contributed by atoms with Crippen LogP contribution in [0.25, 0.3) is 16.8 Å². The molecule has 1 aliphatic rings. The number of methoxy groups -OCH3 is 2. The highest BCUT2D eigenvalue weighted by atomic mass is 16.5. The van der Waals surface area contributed by atoms with Crippen LogP contribution in [0.2, 0.25) is 0 Å². The Balaban J connectivity index is 1.47. The molecule has 4 aromatic rings. The number of hydrogen-bond donors (Lipinski definition) is 1. The van der Waals surface area contributed by atoms with Crippen molar-refractivity contribution in [3.63, 3.8) is 0 Å². The minimum absolute atomic E-state index is 0.0764. The summed E-state index contributed by atoms with van der Waals surface area (Å²) in [6.45, 7) is 2.30. The molecule has 1 amide bonds. The summed E-state index contributed by atoms with van der Waals surface area (Å²) < 4.78 is 15.8. The van der Waals surface area contributed by atoms with Crippen LogP contribution in [0.3, 0.4) is 0 Å². The number of nitrogens with zero attached hydrogens (tertiary/aromatic N) is 4. The maximum absolute atomic E-state index is 14.2. The van der Waals surface area contributed by atoms with Gasteiger partial charge in [0.1, 0.15) is 17.6 Å². The lowest BCUT2D eigenvalue weighted by Gasteiger charge is -2.38. The molecule has 1 N–H and O–H groups in total. The SMILES string of the molecule is COC(=O)c1cccc(O[C@@H]2CC[C@@H](C)N(C(=O)c3cc(-c4cc(O)cc(C(=O)OC)c4)ccc3-n3nccn3)C2)c1. The zero-order chi connectivity index (χ0) is 29.8. The number of benzene rings is 3. The van der Waals surface area contributed by atoms with Crippen molar-refractivity contribution in [2.75, 3.05) is 20.8 Å². The molecule has 0 unspecified atom stereocenters. The lowest BCUT2D eigenvalue weighted by atomic mass is 9.96. The average molecular weight is 571 g/mol. The van der Waals surface area contributed by atoms with Gasteiger partial charge >= 0.3 is 11.9 Å². The third kappa shape index (κ3) is 5.95. The van der Waals surface area contributed by atoms with Gasteiger partial charge in [-0.2, -0.15) is 15.0 Å². The molecule has 1 fully saturated rings. The number of carbonyl (C=O) groups is 3. The van der Waals surface area contributed by atoms with E-state index in [4.69, 9.17) is 14.2 Å². The van der Waals surface area contributed by atoms with Crippen molar-refractivity contribution in [2.45, 2.75) is 31.9 Å². The Morgan fingerprint density at radius 1 is 0.857 bits per heavy atom. The number of carbonyl (C=O) groups excluding carboxylic acids is 3. The van der Waals surface area contributed by atoms with E-state index < -0.39 is 11.9 Å². The molecule has 0 spiro atoms. The van der Waals surface area contributed by atoms with Gasteiger partial charge in [0.05, 0.1) is 55.5 Å². The Morgan fingerprint density at radius 3 is 2.33 bits per heavy atom. The second-order valence-corrected chi connectivity index (χ2v) is 9.95. The molecule has 11 heteroatoms. The number of phenols is 1. The van der Waals surface area contributed by atoms with E-state index in [0.29, 0.717) is 46.7 Å². The van der Waals surface area contributed by atoms with Gasteiger partial charge in [-0.15, -0.1) is 0 Å². The van der Waals surface area contributed by atoms with E-state index in [-0.39, 0.29) is 29.4 Å². The molecule has 1 saturated heterocycles. The molecule has 1 aromatic heterocycles. The van der Waals surface area contributed by atoms with Gasteiger partial charge in [0.15, 0.2) is 0 Å². The molecule has 2 atom stereocenters. The van der Waals surface area contributed by atoms with Gasteiger partial charge in [-0.25, -0.2) is 9.59 Å². The predicted octanol–water partition coefficient (Wildman–Crippen LogP) is 4.29. The Morgan fingerprint density at radius 2 is 1.60 bits per heavy atom. The Labute approximate surface area is 242 Å². The number of aromatic hydroxyl groups is 1. The van der Waals surface area contributed by atoms with E-state index >= 15 is 0 Å². The summed E-state index contributed by atoms with van der Waals surface area (Å²) in [7, 11) is 2.59. The third-order valence-corrected chi connectivity index (χ3v) is 7.19. The second-order valence-electron chi connectivity index (χ2n) is 9.95. The number of phenolic OH excluding ortho intramolecular Hbond substituents is 1. The molecule has 216 valence electrons. The number of esters is 2. The topological polar surface area (TPSA) is 133 Å². The first kappa shape index (κ1) is 28.3. The second kappa shape index (κ2) is 12.1. The van der Waals surface area contributed by atoms with E-state index in [1.54, 1.807) is 53.4 Å². The third-order valence-electron chi connectivity index (χ3n) is 7.19. The van der Waals surface area contributed by atoms with Gasteiger partial charge in [0.25, 0.3) is 5.91 Å². The minimum atomic E-state index is -0.592. The van der Waals surface area contributed by atoms with Crippen molar-refractivity contribution in [3.05, 3.63) is 89.7 Å². The molecule has 3 aromatic carbocycles. The fraction of sp³-hybridized carbons (Fsp3) is 0.258. The smallest absolute Gasteiger partial charge is 0.338 e. The first-order valence-corrected chi connectivity index (χ1v) is 13.4. The lowest BCUT2D eigenvalue weighted by molar-refractivity contribution is 0.0383. The van der Waals surface area contributed by atoms with Crippen LogP contribution in [0.15, 0.2) is 73.1 Å². The quantitative estimate of drug-likeness (QED) is 0.323. The maximum Gasteiger partial charge on any atom is 0.338 e. The summed E-state index contributed by atoms with van der Waals surface area (Å²) in [4.78, 5) is 41.4. The van der Waals surface area contributed by atoms with Crippen LogP contribution >= 0.6 is 0 Å². The van der Waals surface area contributed by atoms with E-state index in [9.17, 15) is 19.5 Å². The van der Waals surface area contributed by atoms with Crippen molar-refractivity contribution < 1.29 is 33.7 Å². The van der Waals surface area contributed by atoms with Crippen LogP contribution in [0.1, 0.15) is 50.8 Å². The Kier molecular flexibility index (Phi) is 8.19. The van der Waals surface area contributed by atoms with E-state index in [0.717, 1.165) is 6.42 Å². The number of likely N-dealkylation sites (tertiary alicyclic amines) is 1. The van der Waals surface area contributed by atoms with Crippen LogP contribution in [-0.4, -0.2) is 75.8 Å². The number of amides is 1. The highest BCUT2D eigenvalue weighted by molar-refractivity contribution is 5.99. The molecular formula is C31H30N4O7. The Bertz CT molecular complexity index is 1620. The molecule has 1 aliphatic heterocycles. The zero-order valence-corrected chi connectivity index (χ0v) is 23.4. The van der Waals surface area contributed by atoms with Gasteiger partial charge in [0, 0.05) is 6.04 Å². The molecule has 42 heavy (non-hydrogen) atoms. The summed E-state index contributed by atoms with van der Waals surface area (Å²) in [5.41, 5.74) is 2.51. The fourth-order valence-corrected chi connectivity index (χ4v) is 5.03. The minimum Gasteiger partial charge on any atom is -0.508 e. The number of aromatic nitrogens is 3. The summed E-state index contributed by atoms with van der Waals surface area (Å²) in [6, 6.07) is 16.3. The number of ether oxygens (including phenoxy) is 3. The monoisotopic (exact) mass is 570 g/mol. The Hall–Kier alpha value is -5.19. The molecule has 0 saturated carbocycles. The number of piperidine rings is 1. The molecule has 0 radical (unpaired) electrons. The van der Waals surface area contributed by atoms with Gasteiger partial charge < -0.3 is 24.2 Å². The summed E-state index contributed by atoms with van der Waals surface area (Å²) >= 11 is 0. The average Bonchev–Trinajstić information content (AvgIpc) is 3.55. The van der Waals surface area contributed by atoms with Crippen molar-refractivity contribution >= 4 is 17.8 Å². The summed E-state index contributed by atoms with van der Waals surface area (Å²) in [5, 5.41) is 18.7. The molecular weight excluding hydrogens is 540 g/mol. The van der Waals surface area contributed by atoms with Gasteiger partial charge in [-0.05, 0) is 79.4 Å². The van der Waals surface area contributed by atoms with Crippen molar-refractivity contribution in [1.82, 2.24) is 19.9 Å². The fourth-order valence-electron chi connectivity index (χ4n) is 5.03. The van der Waals surface area contributed by atoms with Crippen LogP contribution in [-0.2, 0) is 9.47 Å². The molecule has 5 rings (SSSR count). The predicted molar refractivity (Wildman–Crippen MR) is 152 cm³/mol. The molecule has 0 bridgehead atoms. The number of hydrogen-bond acceptors (Lipinski definition) is 9. The normalized spacial score (nSPS) is 16.5. The van der Waals surface area contributed by atoms with Crippen LogP contribution in [0.5, 0.6) is 11.5 Å². The zero-order valence-electron chi connectivity index (χ0n) is 23.4. The molecule has 2 heterocycles. The van der Waals surface area contributed by atoms with Crippen molar-refractivity contribution in [3.8, 4) is 28.3 Å². The van der Waals surface area contributed by atoms with Crippen molar-refractivity contribution in [1.29, 1.82) is 0 Å². The highest BCUT2D eigenvalue weighted by Crippen LogP contribution is 2.31. The van der Waals surface area contributed by atoms with E-state index in [2.05, 4.69) is 10.2 Å². The molecule has 0 aliphatic carbocycles. The standard InChI is InChI=1S/C31H30N4O7/c1-19-7-9-26(42-25-6-4-5-21(16-25)30(38)40-2)18-34(19)29(37)27-17-20(8-10-28(27)35-32-11-12-33-35)22-13-23(31(39)41-3)15-24(36)14-22/h4-6,8,10-17,19,26,36H,7,9,18H2,1-3H3/t19-,26-/m1/s1. The van der Waals surface area contributed by atoms with Crippen LogP contribution in [0.4, 0.5) is 0 Å². The first-order chi connectivity index (χ1) is 20.3. The van der Waals surface area contributed by atoms with E-state index in [1.807, 2.05) is 6.92 Å². The van der Waals surface area contributed by atoms with Gasteiger partial charge in [-0.3, -0.25) is 4.79 Å². The first-order valence-electron chi connectivity index (χ1n) is 13.4.